The Morgan fingerprint density at radius 1 is 1.14 bits per heavy atom. The molecule has 156 valence electrons. The van der Waals surface area contributed by atoms with Crippen molar-refractivity contribution in [3.63, 3.8) is 0 Å². The van der Waals surface area contributed by atoms with Gasteiger partial charge in [-0.15, -0.1) is 0 Å². The maximum absolute atomic E-state index is 12.8. The van der Waals surface area contributed by atoms with E-state index < -0.39 is 38.1 Å². The molecule has 3 heterocycles. The smallest absolute Gasteiger partial charge is 0.205 e. The quantitative estimate of drug-likeness (QED) is 0.734. The predicted molar refractivity (Wildman–Crippen MR) is 108 cm³/mol. The van der Waals surface area contributed by atoms with Crippen LogP contribution >= 0.6 is 0 Å². The van der Waals surface area contributed by atoms with E-state index in [0.717, 1.165) is 42.6 Å². The van der Waals surface area contributed by atoms with Crippen molar-refractivity contribution in [1.82, 2.24) is 0 Å². The number of hydrogen-bond acceptors (Lipinski definition) is 6. The van der Waals surface area contributed by atoms with Gasteiger partial charge in [-0.25, -0.2) is 0 Å². The fourth-order valence-electron chi connectivity index (χ4n) is 3.79. The highest BCUT2D eigenvalue weighted by atomic mass is 32.2. The van der Waals surface area contributed by atoms with E-state index in [0.29, 0.717) is 24.7 Å². The molecule has 6 nitrogen and oxygen atoms in total. The molecule has 1 unspecified atom stereocenters. The lowest BCUT2D eigenvalue weighted by Crippen LogP contribution is -2.39. The highest BCUT2D eigenvalue weighted by Crippen LogP contribution is 2.37. The van der Waals surface area contributed by atoms with Gasteiger partial charge in [0.2, 0.25) is 5.79 Å². The van der Waals surface area contributed by atoms with Crippen LogP contribution in [0.5, 0.6) is 5.75 Å². The van der Waals surface area contributed by atoms with Gasteiger partial charge in [0.1, 0.15) is 16.4 Å². The highest BCUT2D eigenvalue weighted by Gasteiger charge is 2.39. The van der Waals surface area contributed by atoms with Crippen molar-refractivity contribution in [1.29, 1.82) is 0 Å². The Morgan fingerprint density at radius 2 is 1.93 bits per heavy atom. The van der Waals surface area contributed by atoms with Crippen molar-refractivity contribution in [2.45, 2.75) is 68.9 Å². The van der Waals surface area contributed by atoms with Crippen LogP contribution in [0.15, 0.2) is 18.2 Å². The number of hydrogen-bond donors (Lipinski definition) is 0. The molecule has 0 amide bonds. The third-order valence-corrected chi connectivity index (χ3v) is 9.44. The Hall–Kier alpha value is -0.800. The topological polar surface area (TPSA) is 71.1 Å². The van der Waals surface area contributed by atoms with Crippen LogP contribution in [0.25, 0.3) is 0 Å². The van der Waals surface area contributed by atoms with Crippen molar-refractivity contribution >= 4 is 21.6 Å². The second-order valence-corrected chi connectivity index (χ2v) is 11.6. The minimum atomic E-state index is -1.20. The number of rotatable bonds is 4. The molecule has 1 aromatic carbocycles. The summed E-state index contributed by atoms with van der Waals surface area (Å²) in [7, 11) is -2.40. The first kappa shape index (κ1) is 20.5. The summed E-state index contributed by atoms with van der Waals surface area (Å²) in [4.78, 5) is 0. The minimum absolute atomic E-state index is 0.350. The summed E-state index contributed by atoms with van der Waals surface area (Å²) in [6, 6.07) is 5.81. The Kier molecular flexibility index (Phi) is 6.23. The Labute approximate surface area is 171 Å². The molecule has 4 atom stereocenters. The van der Waals surface area contributed by atoms with Gasteiger partial charge >= 0.3 is 0 Å². The Balaban J connectivity index is 1.64. The van der Waals surface area contributed by atoms with Gasteiger partial charge in [-0.3, -0.25) is 8.42 Å². The molecule has 0 aromatic heterocycles. The number of fused-ring (bicyclic) bond motifs is 1. The summed E-state index contributed by atoms with van der Waals surface area (Å²) in [6.07, 6.45) is 2.70. The molecule has 2 saturated heterocycles. The van der Waals surface area contributed by atoms with Gasteiger partial charge in [0.25, 0.3) is 0 Å². The summed E-state index contributed by atoms with van der Waals surface area (Å²) >= 11 is 0. The minimum Gasteiger partial charge on any atom is -0.463 e. The molecule has 8 heteroatoms. The Morgan fingerprint density at radius 3 is 2.64 bits per heavy atom. The normalized spacial score (nSPS) is 31.6. The number of benzene rings is 1. The molecule has 4 rings (SSSR count). The first-order chi connectivity index (χ1) is 13.4. The van der Waals surface area contributed by atoms with Gasteiger partial charge in [-0.1, -0.05) is 6.07 Å². The molecular formula is C20H28O6S2. The molecule has 3 aliphatic heterocycles. The monoisotopic (exact) mass is 428 g/mol. The molecular weight excluding hydrogens is 400 g/mol. The van der Waals surface area contributed by atoms with Gasteiger partial charge < -0.3 is 18.9 Å². The van der Waals surface area contributed by atoms with E-state index in [-0.39, 0.29) is 6.29 Å². The van der Waals surface area contributed by atoms with Crippen molar-refractivity contribution in [3.8, 4) is 5.75 Å². The maximum Gasteiger partial charge on any atom is 0.205 e. The summed E-state index contributed by atoms with van der Waals surface area (Å²) in [5.41, 5.74) is 1.77. The van der Waals surface area contributed by atoms with E-state index in [2.05, 4.69) is 0 Å². The average molecular weight is 429 g/mol. The lowest BCUT2D eigenvalue weighted by molar-refractivity contribution is -0.187. The zero-order chi connectivity index (χ0) is 19.7. The van der Waals surface area contributed by atoms with E-state index in [1.165, 1.54) is 0 Å². The zero-order valence-corrected chi connectivity index (χ0v) is 18.0. The fraction of sp³-hybridized carbons (Fsp3) is 0.700. The third-order valence-electron chi connectivity index (χ3n) is 5.24. The van der Waals surface area contributed by atoms with Gasteiger partial charge in [0.05, 0.1) is 6.61 Å². The summed E-state index contributed by atoms with van der Waals surface area (Å²) < 4.78 is 48.7. The fourth-order valence-corrected chi connectivity index (χ4v) is 7.82. The maximum atomic E-state index is 12.8. The summed E-state index contributed by atoms with van der Waals surface area (Å²) in [5, 5.41) is 0. The van der Waals surface area contributed by atoms with E-state index in [1.807, 2.05) is 32.0 Å². The lowest BCUT2D eigenvalue weighted by Gasteiger charge is -2.35. The van der Waals surface area contributed by atoms with Crippen LogP contribution in [0.3, 0.4) is 0 Å². The second kappa shape index (κ2) is 8.52. The van der Waals surface area contributed by atoms with Gasteiger partial charge in [-0.05, 0) is 43.4 Å². The molecule has 3 aliphatic rings. The lowest BCUT2D eigenvalue weighted by atomic mass is 10.0. The molecule has 0 saturated carbocycles. The van der Waals surface area contributed by atoms with Crippen LogP contribution in [0.2, 0.25) is 0 Å². The van der Waals surface area contributed by atoms with Crippen molar-refractivity contribution < 1.29 is 27.4 Å². The number of ether oxygens (including phenoxy) is 4. The van der Waals surface area contributed by atoms with Crippen molar-refractivity contribution in [3.05, 3.63) is 29.3 Å². The SMILES string of the molecule is CC1(C)OCc2cc([C@@H](OC3CCCCO3)C3[S@](=O)CCC[S@]3=O)ccc2O1. The van der Waals surface area contributed by atoms with E-state index in [4.69, 9.17) is 18.9 Å². The predicted octanol–water partition coefficient (Wildman–Crippen LogP) is 3.14. The summed E-state index contributed by atoms with van der Waals surface area (Å²) in [6.45, 7) is 4.85. The summed E-state index contributed by atoms with van der Waals surface area (Å²) in [5.74, 6) is 1.24. The van der Waals surface area contributed by atoms with Crippen molar-refractivity contribution in [2.24, 2.45) is 0 Å². The average Bonchev–Trinajstić information content (AvgIpc) is 2.67. The molecule has 2 fully saturated rings. The highest BCUT2D eigenvalue weighted by molar-refractivity contribution is 8.03. The van der Waals surface area contributed by atoms with Crippen LogP contribution in [0, 0.1) is 0 Å². The Bertz CT molecular complexity index is 743. The van der Waals surface area contributed by atoms with Gasteiger partial charge in [-0.2, -0.15) is 0 Å². The first-order valence-corrected chi connectivity index (χ1v) is 12.7. The molecule has 0 aliphatic carbocycles. The first-order valence-electron chi connectivity index (χ1n) is 9.90. The van der Waals surface area contributed by atoms with Crippen LogP contribution < -0.4 is 4.74 Å². The zero-order valence-electron chi connectivity index (χ0n) is 16.4. The molecule has 28 heavy (non-hydrogen) atoms. The standard InChI is InChI=1S/C20H28O6S2/c1-20(2)24-13-15-12-14(7-8-16(15)26-20)18(25-17-6-3-4-9-23-17)19-27(21)10-5-11-28(19)22/h7-8,12,17-19H,3-6,9-11,13H2,1-2H3/t17?,18-,27-,28-/m1/s1. The van der Waals surface area contributed by atoms with E-state index in [9.17, 15) is 8.42 Å². The molecule has 1 aromatic rings. The van der Waals surface area contributed by atoms with E-state index in [1.54, 1.807) is 0 Å². The van der Waals surface area contributed by atoms with Crippen LogP contribution in [0.1, 0.15) is 56.8 Å². The van der Waals surface area contributed by atoms with Crippen LogP contribution in [-0.2, 0) is 42.4 Å². The largest absolute Gasteiger partial charge is 0.463 e. The van der Waals surface area contributed by atoms with E-state index >= 15 is 0 Å². The molecule has 0 N–H and O–H groups in total. The van der Waals surface area contributed by atoms with Crippen LogP contribution in [0.4, 0.5) is 0 Å². The van der Waals surface area contributed by atoms with Crippen LogP contribution in [-0.4, -0.2) is 43.2 Å². The molecule has 0 bridgehead atoms. The third kappa shape index (κ3) is 4.51. The molecule has 0 spiro atoms. The molecule has 0 radical (unpaired) electrons. The second-order valence-electron chi connectivity index (χ2n) is 7.90. The van der Waals surface area contributed by atoms with Gasteiger partial charge in [0, 0.05) is 59.1 Å². The van der Waals surface area contributed by atoms with Crippen molar-refractivity contribution in [2.75, 3.05) is 18.1 Å². The van der Waals surface area contributed by atoms with Gasteiger partial charge in [0.15, 0.2) is 6.29 Å².